The van der Waals surface area contributed by atoms with Crippen molar-refractivity contribution in [2.45, 2.75) is 4.21 Å². The molecule has 0 atom stereocenters. The highest BCUT2D eigenvalue weighted by atomic mass is 35.5. The molecule has 0 saturated carbocycles. The summed E-state index contributed by atoms with van der Waals surface area (Å²) in [5, 5.41) is 4.76. The molecule has 156 valence electrons. The zero-order valence-electron chi connectivity index (χ0n) is 15.1. The van der Waals surface area contributed by atoms with Crippen molar-refractivity contribution in [3.8, 4) is 0 Å². The van der Waals surface area contributed by atoms with E-state index < -0.39 is 28.5 Å². The van der Waals surface area contributed by atoms with E-state index in [1.54, 1.807) is 29.6 Å². The Balaban J connectivity index is 1.67. The summed E-state index contributed by atoms with van der Waals surface area (Å²) in [6, 6.07) is 13.5. The Hall–Kier alpha value is -2.59. The number of thiophene rings is 1. The average Bonchev–Trinajstić information content (AvgIpc) is 3.25. The zero-order chi connectivity index (χ0) is 21.7. The van der Waals surface area contributed by atoms with Crippen LogP contribution in [-0.4, -0.2) is 26.9 Å². The third-order valence-corrected chi connectivity index (χ3v) is 7.02. The summed E-state index contributed by atoms with van der Waals surface area (Å²) in [4.78, 5) is 24.5. The highest BCUT2D eigenvalue weighted by Crippen LogP contribution is 2.26. The Kier molecular flexibility index (Phi) is 6.99. The third-order valence-electron chi connectivity index (χ3n) is 3.69. The number of hydrogen-bond donors (Lipinski definition) is 2. The molecule has 1 aromatic heterocycles. The molecule has 1 amide bonds. The van der Waals surface area contributed by atoms with Gasteiger partial charge in [-0.15, -0.1) is 11.3 Å². The van der Waals surface area contributed by atoms with Crippen LogP contribution in [0.1, 0.15) is 10.4 Å². The van der Waals surface area contributed by atoms with E-state index in [4.69, 9.17) is 27.9 Å². The summed E-state index contributed by atoms with van der Waals surface area (Å²) in [5.74, 6) is -1.50. The number of rotatable bonds is 7. The van der Waals surface area contributed by atoms with Gasteiger partial charge in [0.2, 0.25) is 0 Å². The van der Waals surface area contributed by atoms with E-state index in [1.807, 2.05) is 0 Å². The Morgan fingerprint density at radius 1 is 1.00 bits per heavy atom. The second-order valence-corrected chi connectivity index (χ2v) is 9.53. The Labute approximate surface area is 186 Å². The first-order valence-electron chi connectivity index (χ1n) is 8.33. The number of sulfonamides is 1. The summed E-state index contributed by atoms with van der Waals surface area (Å²) >= 11 is 12.9. The molecular formula is C19H14Cl2N2O5S2. The lowest BCUT2D eigenvalue weighted by atomic mass is 10.2. The molecule has 0 bridgehead atoms. The van der Waals surface area contributed by atoms with Gasteiger partial charge in [0.05, 0.1) is 22.0 Å². The first-order chi connectivity index (χ1) is 14.3. The van der Waals surface area contributed by atoms with Crippen molar-refractivity contribution in [1.29, 1.82) is 0 Å². The van der Waals surface area contributed by atoms with Crippen LogP contribution in [0.3, 0.4) is 0 Å². The molecule has 1 heterocycles. The van der Waals surface area contributed by atoms with Gasteiger partial charge in [0.25, 0.3) is 15.9 Å². The van der Waals surface area contributed by atoms with Crippen LogP contribution in [0.4, 0.5) is 11.4 Å². The summed E-state index contributed by atoms with van der Waals surface area (Å²) in [5.41, 5.74) is 0.273. The number of amides is 1. The van der Waals surface area contributed by atoms with Crippen molar-refractivity contribution in [3.63, 3.8) is 0 Å². The van der Waals surface area contributed by atoms with Crippen LogP contribution in [0.25, 0.3) is 0 Å². The molecule has 0 aliphatic heterocycles. The number of nitrogens with one attached hydrogen (secondary N) is 2. The van der Waals surface area contributed by atoms with Crippen molar-refractivity contribution < 1.29 is 22.7 Å². The van der Waals surface area contributed by atoms with E-state index in [0.717, 1.165) is 11.3 Å². The quantitative estimate of drug-likeness (QED) is 0.475. The van der Waals surface area contributed by atoms with E-state index in [2.05, 4.69) is 10.0 Å². The van der Waals surface area contributed by atoms with E-state index in [9.17, 15) is 18.0 Å². The minimum Gasteiger partial charge on any atom is -0.452 e. The van der Waals surface area contributed by atoms with Gasteiger partial charge in [-0.1, -0.05) is 41.4 Å². The second-order valence-electron chi connectivity index (χ2n) is 5.83. The number of carbonyl (C=O) groups is 2. The maximum absolute atomic E-state index is 12.4. The summed E-state index contributed by atoms with van der Waals surface area (Å²) in [7, 11) is -3.85. The number of carbonyl (C=O) groups excluding carboxylic acids is 2. The number of hydrogen-bond acceptors (Lipinski definition) is 6. The van der Waals surface area contributed by atoms with Crippen LogP contribution in [0.5, 0.6) is 0 Å². The minimum absolute atomic E-state index is 0.0359. The van der Waals surface area contributed by atoms with Gasteiger partial charge >= 0.3 is 5.97 Å². The normalized spacial score (nSPS) is 11.0. The first kappa shape index (κ1) is 22.1. The van der Waals surface area contributed by atoms with E-state index in [1.165, 1.54) is 30.3 Å². The van der Waals surface area contributed by atoms with Gasteiger partial charge in [-0.25, -0.2) is 13.2 Å². The topological polar surface area (TPSA) is 102 Å². The zero-order valence-corrected chi connectivity index (χ0v) is 18.2. The molecule has 0 unspecified atom stereocenters. The molecule has 2 aromatic carbocycles. The summed E-state index contributed by atoms with van der Waals surface area (Å²) in [6.45, 7) is -0.603. The monoisotopic (exact) mass is 484 g/mol. The van der Waals surface area contributed by atoms with Gasteiger partial charge in [-0.2, -0.15) is 0 Å². The van der Waals surface area contributed by atoms with Crippen LogP contribution in [0.2, 0.25) is 10.0 Å². The van der Waals surface area contributed by atoms with Crippen molar-refractivity contribution in [2.75, 3.05) is 16.6 Å². The largest absolute Gasteiger partial charge is 0.452 e. The van der Waals surface area contributed by atoms with E-state index in [-0.39, 0.29) is 26.2 Å². The number of ether oxygens (including phenoxy) is 1. The fourth-order valence-corrected chi connectivity index (χ4v) is 4.76. The molecular weight excluding hydrogens is 471 g/mol. The first-order valence-corrected chi connectivity index (χ1v) is 11.5. The fourth-order valence-electron chi connectivity index (χ4n) is 2.35. The van der Waals surface area contributed by atoms with Gasteiger partial charge in [0.1, 0.15) is 4.21 Å². The lowest BCUT2D eigenvalue weighted by molar-refractivity contribution is -0.119. The predicted octanol–water partition coefficient (Wildman–Crippen LogP) is 4.65. The minimum atomic E-state index is -3.85. The van der Waals surface area contributed by atoms with Crippen LogP contribution in [0.15, 0.2) is 64.2 Å². The maximum atomic E-state index is 12.4. The lowest BCUT2D eigenvalue weighted by Gasteiger charge is -2.12. The second kappa shape index (κ2) is 9.48. The Morgan fingerprint density at radius 2 is 1.77 bits per heavy atom. The van der Waals surface area contributed by atoms with Crippen molar-refractivity contribution >= 4 is 67.8 Å². The van der Waals surface area contributed by atoms with E-state index >= 15 is 0 Å². The highest BCUT2D eigenvalue weighted by Gasteiger charge is 2.20. The SMILES string of the molecule is O=C(COC(=O)c1ccccc1NS(=O)(=O)c1cccs1)Nc1cc(Cl)ccc1Cl. The molecule has 0 aliphatic carbocycles. The number of esters is 1. The number of benzene rings is 2. The van der Waals surface area contributed by atoms with Gasteiger partial charge in [0, 0.05) is 5.02 Å². The standard InChI is InChI=1S/C19H14Cl2N2O5S2/c20-12-7-8-14(21)16(10-12)22-17(24)11-28-19(25)13-4-1-2-5-15(13)23-30(26,27)18-6-3-9-29-18/h1-10,23H,11H2,(H,22,24). The predicted molar refractivity (Wildman–Crippen MR) is 117 cm³/mol. The van der Waals surface area contributed by atoms with Gasteiger partial charge in [-0.05, 0) is 41.8 Å². The molecule has 0 saturated heterocycles. The highest BCUT2D eigenvalue weighted by molar-refractivity contribution is 7.94. The lowest BCUT2D eigenvalue weighted by Crippen LogP contribution is -2.22. The Bertz CT molecular complexity index is 1180. The molecule has 0 radical (unpaired) electrons. The molecule has 0 spiro atoms. The van der Waals surface area contributed by atoms with Crippen molar-refractivity contribution in [1.82, 2.24) is 0 Å². The van der Waals surface area contributed by atoms with Crippen LogP contribution in [0, 0.1) is 0 Å². The number of anilines is 2. The van der Waals surface area contributed by atoms with E-state index in [0.29, 0.717) is 5.02 Å². The van der Waals surface area contributed by atoms with Gasteiger partial charge in [0.15, 0.2) is 6.61 Å². The summed E-state index contributed by atoms with van der Waals surface area (Å²) < 4.78 is 32.3. The average molecular weight is 485 g/mol. The van der Waals surface area contributed by atoms with Crippen molar-refractivity contribution in [3.05, 3.63) is 75.6 Å². The van der Waals surface area contributed by atoms with Crippen molar-refractivity contribution in [2.24, 2.45) is 0 Å². The summed E-state index contributed by atoms with van der Waals surface area (Å²) in [6.07, 6.45) is 0. The smallest absolute Gasteiger partial charge is 0.340 e. The van der Waals surface area contributed by atoms with Crippen LogP contribution < -0.4 is 10.0 Å². The van der Waals surface area contributed by atoms with Crippen LogP contribution >= 0.6 is 34.5 Å². The Morgan fingerprint density at radius 3 is 2.50 bits per heavy atom. The van der Waals surface area contributed by atoms with Gasteiger partial charge < -0.3 is 10.1 Å². The molecule has 3 aromatic rings. The van der Waals surface area contributed by atoms with Gasteiger partial charge in [-0.3, -0.25) is 9.52 Å². The molecule has 3 rings (SSSR count). The molecule has 30 heavy (non-hydrogen) atoms. The number of halogens is 2. The molecule has 0 aliphatic rings. The maximum Gasteiger partial charge on any atom is 0.340 e. The fraction of sp³-hybridized carbons (Fsp3) is 0.0526. The molecule has 2 N–H and O–H groups in total. The third kappa shape index (κ3) is 5.51. The molecule has 7 nitrogen and oxygen atoms in total. The van der Waals surface area contributed by atoms with Crippen LogP contribution in [-0.2, 0) is 19.6 Å². The number of para-hydroxylation sites is 1. The molecule has 11 heteroatoms. The molecule has 0 fully saturated rings.